The highest BCUT2D eigenvalue weighted by Crippen LogP contribution is 2.21. The third kappa shape index (κ3) is 3.40. The molecule has 0 unspecified atom stereocenters. The van der Waals surface area contributed by atoms with Gasteiger partial charge in [-0.05, 0) is 11.6 Å². The summed E-state index contributed by atoms with van der Waals surface area (Å²) in [7, 11) is 1.96. The molecule has 0 saturated heterocycles. The van der Waals surface area contributed by atoms with E-state index in [2.05, 4.69) is 10.3 Å². The number of hydrogen-bond acceptors (Lipinski definition) is 4. The van der Waals surface area contributed by atoms with Gasteiger partial charge in [-0.1, -0.05) is 18.2 Å². The SMILES string of the molecule is Cn1cc(CC(=O)Nc2nc(CC(N)=O)cs2)c2ccccc21. The molecule has 0 spiro atoms. The molecule has 0 bridgehead atoms. The van der Waals surface area contributed by atoms with E-state index in [1.54, 1.807) is 5.38 Å². The molecular formula is C16H16N4O2S. The Kier molecular flexibility index (Phi) is 4.12. The molecule has 0 aliphatic rings. The molecule has 118 valence electrons. The van der Waals surface area contributed by atoms with Crippen LogP contribution in [0.4, 0.5) is 5.13 Å². The molecule has 0 aliphatic heterocycles. The first-order valence-corrected chi connectivity index (χ1v) is 7.96. The number of para-hydroxylation sites is 1. The maximum absolute atomic E-state index is 12.2. The van der Waals surface area contributed by atoms with Crippen LogP contribution >= 0.6 is 11.3 Å². The van der Waals surface area contributed by atoms with Gasteiger partial charge in [-0.2, -0.15) is 0 Å². The first kappa shape index (κ1) is 15.2. The summed E-state index contributed by atoms with van der Waals surface area (Å²) in [5.41, 5.74) is 7.76. The second kappa shape index (κ2) is 6.21. The number of nitrogens with one attached hydrogen (secondary N) is 1. The van der Waals surface area contributed by atoms with Crippen LogP contribution in [0.1, 0.15) is 11.3 Å². The number of amides is 2. The number of aromatic nitrogens is 2. The second-order valence-electron chi connectivity index (χ2n) is 5.29. The van der Waals surface area contributed by atoms with Gasteiger partial charge in [0.05, 0.1) is 18.5 Å². The third-order valence-electron chi connectivity index (χ3n) is 3.48. The van der Waals surface area contributed by atoms with E-state index in [9.17, 15) is 9.59 Å². The molecule has 2 amide bonds. The van der Waals surface area contributed by atoms with Gasteiger partial charge >= 0.3 is 0 Å². The molecule has 7 heteroatoms. The Morgan fingerprint density at radius 2 is 2.09 bits per heavy atom. The van der Waals surface area contributed by atoms with Gasteiger partial charge in [-0.25, -0.2) is 4.98 Å². The summed E-state index contributed by atoms with van der Waals surface area (Å²) in [5, 5.41) is 6.03. The lowest BCUT2D eigenvalue weighted by atomic mass is 10.1. The quantitative estimate of drug-likeness (QED) is 0.749. The summed E-state index contributed by atoms with van der Waals surface area (Å²) in [5.74, 6) is -0.578. The summed E-state index contributed by atoms with van der Waals surface area (Å²) < 4.78 is 2.01. The van der Waals surface area contributed by atoms with Gasteiger partial charge in [0.1, 0.15) is 0 Å². The van der Waals surface area contributed by atoms with Gasteiger partial charge in [0.25, 0.3) is 0 Å². The second-order valence-corrected chi connectivity index (χ2v) is 6.15. The lowest BCUT2D eigenvalue weighted by molar-refractivity contribution is -0.117. The predicted octanol–water partition coefficient (Wildman–Crippen LogP) is 1.84. The average Bonchev–Trinajstić information content (AvgIpc) is 3.04. The van der Waals surface area contributed by atoms with Gasteiger partial charge < -0.3 is 15.6 Å². The van der Waals surface area contributed by atoms with Crippen LogP contribution in [0.25, 0.3) is 10.9 Å². The lowest BCUT2D eigenvalue weighted by Gasteiger charge is -2.01. The number of fused-ring (bicyclic) bond motifs is 1. The molecule has 0 aliphatic carbocycles. The van der Waals surface area contributed by atoms with E-state index in [1.807, 2.05) is 42.1 Å². The number of carbonyl (C=O) groups excluding carboxylic acids is 2. The molecule has 3 rings (SSSR count). The molecule has 23 heavy (non-hydrogen) atoms. The molecule has 6 nitrogen and oxygen atoms in total. The summed E-state index contributed by atoms with van der Waals surface area (Å²) >= 11 is 1.28. The third-order valence-corrected chi connectivity index (χ3v) is 4.29. The Labute approximate surface area is 136 Å². The van der Waals surface area contributed by atoms with Crippen LogP contribution in [-0.4, -0.2) is 21.4 Å². The Morgan fingerprint density at radius 1 is 1.30 bits per heavy atom. The van der Waals surface area contributed by atoms with Gasteiger partial charge in [0, 0.05) is 29.5 Å². The fourth-order valence-electron chi connectivity index (χ4n) is 2.53. The molecule has 0 fully saturated rings. The van der Waals surface area contributed by atoms with E-state index in [0.717, 1.165) is 16.5 Å². The molecule has 3 aromatic rings. The minimum Gasteiger partial charge on any atom is -0.369 e. The largest absolute Gasteiger partial charge is 0.369 e. The zero-order valence-electron chi connectivity index (χ0n) is 12.6. The number of primary amides is 1. The first-order chi connectivity index (χ1) is 11.0. The van der Waals surface area contributed by atoms with E-state index in [4.69, 9.17) is 5.73 Å². The zero-order chi connectivity index (χ0) is 16.4. The maximum Gasteiger partial charge on any atom is 0.230 e. The van der Waals surface area contributed by atoms with Crippen LogP contribution in [0.15, 0.2) is 35.8 Å². The molecule has 1 aromatic carbocycles. The minimum absolute atomic E-state index is 0.0791. The van der Waals surface area contributed by atoms with Crippen LogP contribution in [0.5, 0.6) is 0 Å². The summed E-state index contributed by atoms with van der Waals surface area (Å²) in [6.07, 6.45) is 2.31. The average molecular weight is 328 g/mol. The number of hydrogen-bond donors (Lipinski definition) is 2. The lowest BCUT2D eigenvalue weighted by Crippen LogP contribution is -2.15. The summed E-state index contributed by atoms with van der Waals surface area (Å²) in [6, 6.07) is 7.96. The van der Waals surface area contributed by atoms with Crippen molar-refractivity contribution in [1.82, 2.24) is 9.55 Å². The van der Waals surface area contributed by atoms with Crippen molar-refractivity contribution in [1.29, 1.82) is 0 Å². The van der Waals surface area contributed by atoms with E-state index < -0.39 is 5.91 Å². The van der Waals surface area contributed by atoms with Crippen molar-refractivity contribution in [2.24, 2.45) is 12.8 Å². The zero-order valence-corrected chi connectivity index (χ0v) is 13.4. The number of carbonyl (C=O) groups is 2. The predicted molar refractivity (Wildman–Crippen MR) is 90.3 cm³/mol. The number of thiazole rings is 1. The summed E-state index contributed by atoms with van der Waals surface area (Å²) in [6.45, 7) is 0. The molecule has 2 heterocycles. The Bertz CT molecular complexity index is 881. The van der Waals surface area contributed by atoms with Crippen molar-refractivity contribution in [3.8, 4) is 0 Å². The van der Waals surface area contributed by atoms with Gasteiger partial charge in [-0.3, -0.25) is 9.59 Å². The van der Waals surface area contributed by atoms with Crippen molar-refractivity contribution < 1.29 is 9.59 Å². The topological polar surface area (TPSA) is 90.0 Å². The smallest absolute Gasteiger partial charge is 0.230 e. The number of rotatable bonds is 5. The van der Waals surface area contributed by atoms with Crippen molar-refractivity contribution in [2.45, 2.75) is 12.8 Å². The van der Waals surface area contributed by atoms with E-state index in [0.29, 0.717) is 10.8 Å². The van der Waals surface area contributed by atoms with Crippen LogP contribution in [-0.2, 0) is 29.5 Å². The number of nitrogens with two attached hydrogens (primary N) is 1. The Hall–Kier alpha value is -2.67. The van der Waals surface area contributed by atoms with Gasteiger partial charge in [0.2, 0.25) is 11.8 Å². The molecule has 0 saturated carbocycles. The number of anilines is 1. The molecule has 0 radical (unpaired) electrons. The highest BCUT2D eigenvalue weighted by molar-refractivity contribution is 7.13. The molecule has 3 N–H and O–H groups in total. The minimum atomic E-state index is -0.441. The standard InChI is InChI=1S/C16H16N4O2S/c1-20-8-10(12-4-2-3-5-13(12)20)6-15(22)19-16-18-11(9-23-16)7-14(17)21/h2-5,8-9H,6-7H2,1H3,(H2,17,21)(H,18,19,22). The van der Waals surface area contributed by atoms with Crippen LogP contribution in [0.2, 0.25) is 0 Å². The maximum atomic E-state index is 12.2. The Morgan fingerprint density at radius 3 is 2.87 bits per heavy atom. The Balaban J connectivity index is 1.71. The molecule has 2 aromatic heterocycles. The van der Waals surface area contributed by atoms with Gasteiger partial charge in [-0.15, -0.1) is 11.3 Å². The fourth-order valence-corrected chi connectivity index (χ4v) is 3.25. The van der Waals surface area contributed by atoms with Crippen molar-refractivity contribution in [3.05, 3.63) is 47.1 Å². The molecule has 0 atom stereocenters. The van der Waals surface area contributed by atoms with Crippen LogP contribution < -0.4 is 11.1 Å². The normalized spacial score (nSPS) is 10.8. The number of nitrogens with zero attached hydrogens (tertiary/aromatic N) is 2. The monoisotopic (exact) mass is 328 g/mol. The fraction of sp³-hybridized carbons (Fsp3) is 0.188. The van der Waals surface area contributed by atoms with E-state index in [1.165, 1.54) is 11.3 Å². The highest BCUT2D eigenvalue weighted by atomic mass is 32.1. The first-order valence-electron chi connectivity index (χ1n) is 7.08. The molecular weight excluding hydrogens is 312 g/mol. The van der Waals surface area contributed by atoms with E-state index in [-0.39, 0.29) is 18.7 Å². The van der Waals surface area contributed by atoms with Crippen LogP contribution in [0.3, 0.4) is 0 Å². The highest BCUT2D eigenvalue weighted by Gasteiger charge is 2.12. The van der Waals surface area contributed by atoms with Crippen LogP contribution in [0, 0.1) is 0 Å². The summed E-state index contributed by atoms with van der Waals surface area (Å²) in [4.78, 5) is 27.3. The van der Waals surface area contributed by atoms with Crippen molar-refractivity contribution >= 4 is 39.2 Å². The van der Waals surface area contributed by atoms with Gasteiger partial charge in [0.15, 0.2) is 5.13 Å². The van der Waals surface area contributed by atoms with E-state index >= 15 is 0 Å². The van der Waals surface area contributed by atoms with Crippen molar-refractivity contribution in [2.75, 3.05) is 5.32 Å². The van der Waals surface area contributed by atoms with Crippen molar-refractivity contribution in [3.63, 3.8) is 0 Å². The number of aryl methyl sites for hydroxylation is 1. The number of benzene rings is 1.